The lowest BCUT2D eigenvalue weighted by atomic mass is 10.0. The van der Waals surface area contributed by atoms with Crippen LogP contribution in [0.1, 0.15) is 11.7 Å². The van der Waals surface area contributed by atoms with Gasteiger partial charge >= 0.3 is 0 Å². The first-order valence-electron chi connectivity index (χ1n) is 17.1. The van der Waals surface area contributed by atoms with E-state index < -0.39 is 0 Å². The molecule has 3 aromatic heterocycles. The van der Waals surface area contributed by atoms with Crippen molar-refractivity contribution in [3.8, 4) is 16.8 Å². The smallest absolute Gasteiger partial charge is 0.149 e. The van der Waals surface area contributed by atoms with Gasteiger partial charge in [-0.05, 0) is 89.5 Å². The number of hydrogen-bond acceptors (Lipinski definition) is 4. The predicted molar refractivity (Wildman–Crippen MR) is 218 cm³/mol. The van der Waals surface area contributed by atoms with E-state index in [-0.39, 0.29) is 6.17 Å². The van der Waals surface area contributed by atoms with Crippen molar-refractivity contribution in [1.29, 1.82) is 0 Å². The summed E-state index contributed by atoms with van der Waals surface area (Å²) in [5.74, 6) is 0.830. The number of aliphatic imine (C=N–C) groups is 1. The first-order chi connectivity index (χ1) is 25.2. The molecule has 0 aliphatic carbocycles. The maximum Gasteiger partial charge on any atom is 0.149 e. The number of pyridine rings is 1. The highest BCUT2D eigenvalue weighted by atomic mass is 127. The molecular weight excluding hydrogens is 739 g/mol. The van der Waals surface area contributed by atoms with Crippen molar-refractivity contribution in [1.82, 2.24) is 22.5 Å². The Morgan fingerprint density at radius 3 is 2.00 bits per heavy atom. The number of aromatic nitrogens is 3. The molecule has 0 amide bonds. The van der Waals surface area contributed by atoms with Crippen molar-refractivity contribution in [3.05, 3.63) is 181 Å². The van der Waals surface area contributed by atoms with Crippen LogP contribution in [-0.2, 0) is 0 Å². The van der Waals surface area contributed by atoms with E-state index in [4.69, 9.17) is 4.99 Å². The fraction of sp³-hybridized carbons (Fsp3) is 0.0455. The number of benzene rings is 5. The highest BCUT2D eigenvalue weighted by Crippen LogP contribution is 2.39. The molecule has 0 bridgehead atoms. The van der Waals surface area contributed by atoms with Gasteiger partial charge in [0.05, 0.1) is 44.9 Å². The molecule has 5 aromatic carbocycles. The van der Waals surface area contributed by atoms with Crippen LogP contribution in [0.5, 0.6) is 0 Å². The fourth-order valence-corrected chi connectivity index (χ4v) is 7.99. The summed E-state index contributed by atoms with van der Waals surface area (Å²) in [6, 6.07) is 45.8. The third-order valence-corrected chi connectivity index (χ3v) is 10.7. The summed E-state index contributed by atoms with van der Waals surface area (Å²) < 4.78 is 6.89. The molecule has 6 nitrogen and oxygen atoms in total. The van der Waals surface area contributed by atoms with E-state index in [1.165, 1.54) is 49.4 Å². The molecule has 7 heteroatoms. The van der Waals surface area contributed by atoms with Crippen LogP contribution < -0.4 is 5.32 Å². The van der Waals surface area contributed by atoms with Crippen molar-refractivity contribution in [3.63, 3.8) is 0 Å². The van der Waals surface area contributed by atoms with E-state index in [0.717, 1.165) is 40.2 Å². The van der Waals surface area contributed by atoms with Crippen LogP contribution >= 0.6 is 22.9 Å². The molecule has 244 valence electrons. The van der Waals surface area contributed by atoms with Gasteiger partial charge in [0.2, 0.25) is 0 Å². The van der Waals surface area contributed by atoms with Crippen LogP contribution in [0, 0.1) is 0 Å². The molecule has 0 saturated carbocycles. The molecule has 10 rings (SSSR count). The Morgan fingerprint density at radius 1 is 0.627 bits per heavy atom. The molecular formula is C44H31IN6. The molecule has 0 fully saturated rings. The number of rotatable bonds is 5. The maximum absolute atomic E-state index is 5.32. The Hall–Kier alpha value is -5.93. The average Bonchev–Trinajstić information content (AvgIpc) is 3.71. The topological polar surface area (TPSA) is 50.4 Å². The Bertz CT molecular complexity index is 2770. The number of nitrogens with one attached hydrogen (secondary N) is 1. The Balaban J connectivity index is 1.13. The Kier molecular flexibility index (Phi) is 7.13. The minimum Gasteiger partial charge on any atom is -0.340 e. The zero-order valence-corrected chi connectivity index (χ0v) is 29.6. The summed E-state index contributed by atoms with van der Waals surface area (Å²) in [4.78, 5) is 9.58. The Morgan fingerprint density at radius 2 is 1.25 bits per heavy atom. The summed E-state index contributed by atoms with van der Waals surface area (Å²) in [6.45, 7) is 0.842. The van der Waals surface area contributed by atoms with Gasteiger partial charge in [-0.15, -0.1) is 0 Å². The lowest BCUT2D eigenvalue weighted by molar-refractivity contribution is 0.655. The van der Waals surface area contributed by atoms with Crippen molar-refractivity contribution in [2.45, 2.75) is 6.17 Å². The van der Waals surface area contributed by atoms with E-state index >= 15 is 0 Å². The average molecular weight is 771 g/mol. The molecule has 1 atom stereocenters. The van der Waals surface area contributed by atoms with E-state index in [0.29, 0.717) is 0 Å². The van der Waals surface area contributed by atoms with Crippen LogP contribution in [-0.4, -0.2) is 29.6 Å². The van der Waals surface area contributed by atoms with Gasteiger partial charge in [-0.1, -0.05) is 72.8 Å². The standard InChI is InChI=1S/C44H31IN6/c45-49-24-20-29(21-25-49)38-28-43(48-44(47-38)30-18-22-46-23-19-30)51-40-13-7-5-11-35(40)37-27-32(15-17-42(37)51)31-14-16-41-36(26-31)34-10-4-6-12-39(34)50(41)33-8-2-1-3-9-33/h1-24,26-28,43H,25H2,(H,47,48). The zero-order chi connectivity index (χ0) is 33.9. The summed E-state index contributed by atoms with van der Waals surface area (Å²) in [6.07, 6.45) is 12.2. The van der Waals surface area contributed by atoms with Gasteiger partial charge in [0.25, 0.3) is 0 Å². The summed E-state index contributed by atoms with van der Waals surface area (Å²) in [7, 11) is 0. The van der Waals surface area contributed by atoms with Crippen molar-refractivity contribution < 1.29 is 0 Å². The van der Waals surface area contributed by atoms with Crippen LogP contribution in [0.25, 0.3) is 60.4 Å². The van der Waals surface area contributed by atoms with E-state index in [2.05, 4.69) is 185 Å². The first kappa shape index (κ1) is 29.9. The largest absolute Gasteiger partial charge is 0.340 e. The van der Waals surface area contributed by atoms with Crippen molar-refractivity contribution in [2.75, 3.05) is 6.54 Å². The van der Waals surface area contributed by atoms with Gasteiger partial charge in [-0.2, -0.15) is 0 Å². The number of amidine groups is 1. The lowest BCUT2D eigenvalue weighted by Crippen LogP contribution is -2.31. The van der Waals surface area contributed by atoms with Gasteiger partial charge in [0.15, 0.2) is 0 Å². The monoisotopic (exact) mass is 770 g/mol. The molecule has 1 N–H and O–H groups in total. The number of halogens is 1. The predicted octanol–water partition coefficient (Wildman–Crippen LogP) is 10.5. The van der Waals surface area contributed by atoms with E-state index in [1.54, 1.807) is 0 Å². The van der Waals surface area contributed by atoms with Crippen LogP contribution in [0.15, 0.2) is 180 Å². The van der Waals surface area contributed by atoms with Crippen molar-refractivity contribution >= 4 is 72.3 Å². The third kappa shape index (κ3) is 5.07. The van der Waals surface area contributed by atoms with Gasteiger partial charge in [0, 0.05) is 63.6 Å². The molecule has 1 unspecified atom stereocenters. The molecule has 2 aliphatic heterocycles. The summed E-state index contributed by atoms with van der Waals surface area (Å²) >= 11 is 2.33. The Labute approximate surface area is 308 Å². The number of fused-ring (bicyclic) bond motifs is 6. The van der Waals surface area contributed by atoms with Crippen molar-refractivity contribution in [2.24, 2.45) is 4.99 Å². The SMILES string of the molecule is IN1C=CC(C2=CC(n3c4ccccc4c4cc(-c5ccc6c(c5)c5ccccc5n6-c5ccccc5)ccc43)N=C(c3ccncc3)N2)=CC1. The van der Waals surface area contributed by atoms with Gasteiger partial charge in [-0.3, -0.25) is 4.98 Å². The summed E-state index contributed by atoms with van der Waals surface area (Å²) in [5, 5.41) is 8.56. The number of hydrogen-bond donors (Lipinski definition) is 1. The van der Waals surface area contributed by atoms with E-state index in [9.17, 15) is 0 Å². The second-order valence-electron chi connectivity index (χ2n) is 12.9. The van der Waals surface area contributed by atoms with Crippen LogP contribution in [0.2, 0.25) is 0 Å². The van der Waals surface area contributed by atoms with Gasteiger partial charge in [0.1, 0.15) is 12.0 Å². The van der Waals surface area contributed by atoms with Crippen LogP contribution in [0.4, 0.5) is 0 Å². The minimum atomic E-state index is -0.259. The van der Waals surface area contributed by atoms with E-state index in [1.807, 2.05) is 24.5 Å². The minimum absolute atomic E-state index is 0.259. The molecule has 5 heterocycles. The summed E-state index contributed by atoms with van der Waals surface area (Å²) in [5.41, 5.74) is 11.5. The normalized spacial score (nSPS) is 16.1. The number of para-hydroxylation sites is 3. The molecule has 8 aromatic rings. The molecule has 0 saturated heterocycles. The third-order valence-electron chi connectivity index (χ3n) is 9.99. The van der Waals surface area contributed by atoms with Gasteiger partial charge in [-0.25, -0.2) is 4.99 Å². The quantitative estimate of drug-likeness (QED) is 0.140. The number of nitrogens with zero attached hydrogens (tertiary/aromatic N) is 5. The molecule has 0 radical (unpaired) electrons. The first-order valence-corrected chi connectivity index (χ1v) is 18.1. The van der Waals surface area contributed by atoms with Crippen LogP contribution in [0.3, 0.4) is 0 Å². The highest BCUT2D eigenvalue weighted by molar-refractivity contribution is 14.1. The fourth-order valence-electron chi connectivity index (χ4n) is 7.63. The molecule has 51 heavy (non-hydrogen) atoms. The second kappa shape index (κ2) is 12.1. The maximum atomic E-state index is 5.32. The zero-order valence-electron chi connectivity index (χ0n) is 27.5. The van der Waals surface area contributed by atoms with Gasteiger partial charge < -0.3 is 17.6 Å². The molecule has 2 aliphatic rings. The number of allylic oxidation sites excluding steroid dienone is 1. The second-order valence-corrected chi connectivity index (χ2v) is 14.2. The lowest BCUT2D eigenvalue weighted by Gasteiger charge is -2.26. The molecule has 0 spiro atoms. The highest BCUT2D eigenvalue weighted by Gasteiger charge is 2.24.